The van der Waals surface area contributed by atoms with Crippen LogP contribution in [-0.2, 0) is 9.59 Å². The van der Waals surface area contributed by atoms with Crippen LogP contribution >= 0.6 is 0 Å². The Bertz CT molecular complexity index is 182. The second kappa shape index (κ2) is 5.00. The van der Waals surface area contributed by atoms with E-state index in [9.17, 15) is 9.59 Å². The molecular formula is C10H19NO2. The van der Waals surface area contributed by atoms with Crippen molar-refractivity contribution in [3.05, 3.63) is 0 Å². The fraction of sp³-hybridized carbons (Fsp3) is 0.800. The zero-order chi connectivity index (χ0) is 10.5. The molecule has 1 unspecified atom stereocenters. The van der Waals surface area contributed by atoms with Gasteiger partial charge in [-0.05, 0) is 11.8 Å². The summed E-state index contributed by atoms with van der Waals surface area (Å²) in [4.78, 5) is 21.9. The van der Waals surface area contributed by atoms with Crippen molar-refractivity contribution in [2.75, 3.05) is 0 Å². The molecule has 13 heavy (non-hydrogen) atoms. The number of carbonyl (C=O) groups is 2. The summed E-state index contributed by atoms with van der Waals surface area (Å²) in [5.41, 5.74) is -0.203. The van der Waals surface area contributed by atoms with Crippen LogP contribution in [0.5, 0.6) is 0 Å². The third-order valence-electron chi connectivity index (χ3n) is 1.86. The van der Waals surface area contributed by atoms with Crippen LogP contribution in [0.15, 0.2) is 0 Å². The zero-order valence-corrected chi connectivity index (χ0v) is 8.89. The molecule has 0 saturated carbocycles. The van der Waals surface area contributed by atoms with Gasteiger partial charge in [0.25, 0.3) is 0 Å². The van der Waals surface area contributed by atoms with E-state index in [1.807, 2.05) is 27.7 Å². The van der Waals surface area contributed by atoms with Crippen molar-refractivity contribution in [1.82, 2.24) is 5.32 Å². The minimum Gasteiger partial charge on any atom is -0.346 e. The number of rotatable bonds is 4. The average Bonchev–Trinajstić information content (AvgIpc) is 1.98. The van der Waals surface area contributed by atoms with E-state index < -0.39 is 0 Å². The van der Waals surface area contributed by atoms with Gasteiger partial charge in [0.05, 0.1) is 6.04 Å². The molecule has 76 valence electrons. The van der Waals surface area contributed by atoms with Gasteiger partial charge >= 0.3 is 0 Å². The standard InChI is InChI=1S/C10H19NO2/c1-5-6-9(13)11-8(7-12)10(2,3)4/h7-8H,5-6H2,1-4H3,(H,11,13). The van der Waals surface area contributed by atoms with Crippen molar-refractivity contribution in [3.63, 3.8) is 0 Å². The van der Waals surface area contributed by atoms with Gasteiger partial charge in [0.1, 0.15) is 6.29 Å². The molecule has 0 bridgehead atoms. The number of hydrogen-bond donors (Lipinski definition) is 1. The first-order valence-corrected chi connectivity index (χ1v) is 4.66. The molecule has 0 aromatic heterocycles. The summed E-state index contributed by atoms with van der Waals surface area (Å²) in [7, 11) is 0. The molecule has 0 aromatic carbocycles. The first-order chi connectivity index (χ1) is 5.91. The maximum absolute atomic E-state index is 11.2. The molecule has 1 N–H and O–H groups in total. The van der Waals surface area contributed by atoms with Gasteiger partial charge in [0, 0.05) is 6.42 Å². The van der Waals surface area contributed by atoms with Crippen LogP contribution < -0.4 is 5.32 Å². The molecule has 0 aliphatic rings. The van der Waals surface area contributed by atoms with Gasteiger partial charge in [-0.3, -0.25) is 4.79 Å². The number of nitrogens with one attached hydrogen (secondary N) is 1. The Balaban J connectivity index is 4.14. The molecule has 0 radical (unpaired) electrons. The third-order valence-corrected chi connectivity index (χ3v) is 1.86. The van der Waals surface area contributed by atoms with Crippen molar-refractivity contribution in [2.24, 2.45) is 5.41 Å². The van der Waals surface area contributed by atoms with E-state index in [1.165, 1.54) is 0 Å². The maximum Gasteiger partial charge on any atom is 0.220 e. The lowest BCUT2D eigenvalue weighted by atomic mass is 9.87. The molecule has 0 saturated heterocycles. The van der Waals surface area contributed by atoms with Crippen LogP contribution in [0, 0.1) is 5.41 Å². The number of amides is 1. The van der Waals surface area contributed by atoms with E-state index >= 15 is 0 Å². The highest BCUT2D eigenvalue weighted by atomic mass is 16.2. The Morgan fingerprint density at radius 1 is 1.46 bits per heavy atom. The summed E-state index contributed by atoms with van der Waals surface area (Å²) in [5, 5.41) is 2.70. The molecule has 0 aliphatic heterocycles. The zero-order valence-electron chi connectivity index (χ0n) is 8.89. The number of carbonyl (C=O) groups excluding carboxylic acids is 2. The van der Waals surface area contributed by atoms with E-state index in [4.69, 9.17) is 0 Å². The first kappa shape index (κ1) is 12.1. The van der Waals surface area contributed by atoms with Gasteiger partial charge in [-0.2, -0.15) is 0 Å². The van der Waals surface area contributed by atoms with Gasteiger partial charge in [-0.1, -0.05) is 27.7 Å². The van der Waals surface area contributed by atoms with Crippen LogP contribution in [0.25, 0.3) is 0 Å². The molecule has 0 aromatic rings. The monoisotopic (exact) mass is 185 g/mol. The van der Waals surface area contributed by atoms with Crippen LogP contribution in [0.3, 0.4) is 0 Å². The summed E-state index contributed by atoms with van der Waals surface area (Å²) in [6, 6.07) is -0.383. The summed E-state index contributed by atoms with van der Waals surface area (Å²) in [5.74, 6) is -0.0467. The highest BCUT2D eigenvalue weighted by molar-refractivity contribution is 5.79. The molecule has 3 heteroatoms. The van der Waals surface area contributed by atoms with E-state index in [1.54, 1.807) is 0 Å². The smallest absolute Gasteiger partial charge is 0.220 e. The van der Waals surface area contributed by atoms with Crippen LogP contribution in [0.2, 0.25) is 0 Å². The van der Waals surface area contributed by atoms with Crippen molar-refractivity contribution in [1.29, 1.82) is 0 Å². The Hall–Kier alpha value is -0.860. The topological polar surface area (TPSA) is 46.2 Å². The highest BCUT2D eigenvalue weighted by Gasteiger charge is 2.25. The van der Waals surface area contributed by atoms with Crippen molar-refractivity contribution < 1.29 is 9.59 Å². The lowest BCUT2D eigenvalue weighted by Gasteiger charge is -2.26. The average molecular weight is 185 g/mol. The second-order valence-electron chi connectivity index (χ2n) is 4.30. The van der Waals surface area contributed by atoms with Crippen LogP contribution in [0.4, 0.5) is 0 Å². The minimum atomic E-state index is -0.383. The molecular weight excluding hydrogens is 166 g/mol. The summed E-state index contributed by atoms with van der Waals surface area (Å²) in [6.07, 6.45) is 2.09. The fourth-order valence-corrected chi connectivity index (χ4v) is 0.927. The van der Waals surface area contributed by atoms with E-state index in [0.717, 1.165) is 12.7 Å². The molecule has 1 amide bonds. The molecule has 0 fully saturated rings. The summed E-state index contributed by atoms with van der Waals surface area (Å²) >= 11 is 0. The van der Waals surface area contributed by atoms with Gasteiger partial charge in [-0.25, -0.2) is 0 Å². The van der Waals surface area contributed by atoms with E-state index in [0.29, 0.717) is 6.42 Å². The Kier molecular flexibility index (Phi) is 4.67. The number of hydrogen-bond acceptors (Lipinski definition) is 2. The highest BCUT2D eigenvalue weighted by Crippen LogP contribution is 2.17. The minimum absolute atomic E-state index is 0.0467. The third kappa shape index (κ3) is 4.65. The molecule has 1 atom stereocenters. The molecule has 0 heterocycles. The van der Waals surface area contributed by atoms with E-state index in [-0.39, 0.29) is 17.4 Å². The van der Waals surface area contributed by atoms with Crippen molar-refractivity contribution in [3.8, 4) is 0 Å². The maximum atomic E-state index is 11.2. The Morgan fingerprint density at radius 3 is 2.31 bits per heavy atom. The van der Waals surface area contributed by atoms with Gasteiger partial charge in [0.2, 0.25) is 5.91 Å². The summed E-state index contributed by atoms with van der Waals surface area (Å²) in [6.45, 7) is 7.72. The fourth-order valence-electron chi connectivity index (χ4n) is 0.927. The van der Waals surface area contributed by atoms with Crippen molar-refractivity contribution in [2.45, 2.75) is 46.6 Å². The van der Waals surface area contributed by atoms with Crippen molar-refractivity contribution >= 4 is 12.2 Å². The Labute approximate surface area is 79.9 Å². The summed E-state index contributed by atoms with van der Waals surface area (Å²) < 4.78 is 0. The normalized spacial score (nSPS) is 13.5. The second-order valence-corrected chi connectivity index (χ2v) is 4.30. The Morgan fingerprint density at radius 2 is 2.00 bits per heavy atom. The molecule has 3 nitrogen and oxygen atoms in total. The predicted molar refractivity (Wildman–Crippen MR) is 52.4 cm³/mol. The largest absolute Gasteiger partial charge is 0.346 e. The SMILES string of the molecule is CCCC(=O)NC(C=O)C(C)(C)C. The number of aldehydes is 1. The van der Waals surface area contributed by atoms with Crippen LogP contribution in [0.1, 0.15) is 40.5 Å². The van der Waals surface area contributed by atoms with Gasteiger partial charge in [-0.15, -0.1) is 0 Å². The molecule has 0 aliphatic carbocycles. The van der Waals surface area contributed by atoms with Gasteiger partial charge < -0.3 is 10.1 Å². The first-order valence-electron chi connectivity index (χ1n) is 4.66. The molecule has 0 rings (SSSR count). The lowest BCUT2D eigenvalue weighted by molar-refractivity contribution is -0.125. The molecule has 0 spiro atoms. The predicted octanol–water partition coefficient (Wildman–Crippen LogP) is 1.52. The lowest BCUT2D eigenvalue weighted by Crippen LogP contribution is -2.44. The van der Waals surface area contributed by atoms with Gasteiger partial charge in [0.15, 0.2) is 0 Å². The quantitative estimate of drug-likeness (QED) is 0.675. The van der Waals surface area contributed by atoms with Crippen LogP contribution in [-0.4, -0.2) is 18.2 Å². The van der Waals surface area contributed by atoms with E-state index in [2.05, 4.69) is 5.32 Å².